The Hall–Kier alpha value is -0.240. The summed E-state index contributed by atoms with van der Waals surface area (Å²) in [5.74, 6) is 0. The van der Waals surface area contributed by atoms with Gasteiger partial charge in [0.05, 0.1) is 10.0 Å². The topological polar surface area (TPSA) is 12.0 Å². The molecule has 0 aliphatic heterocycles. The molecule has 19 heavy (non-hydrogen) atoms. The summed E-state index contributed by atoms with van der Waals surface area (Å²) in [7, 11) is 0. The SMILES string of the molecule is CC(NC1CCCCCCC1)c1cccc(Cl)c1Cl. The van der Waals surface area contributed by atoms with E-state index in [0.717, 1.165) is 5.56 Å². The minimum absolute atomic E-state index is 0.260. The number of nitrogens with one attached hydrogen (secondary N) is 1. The van der Waals surface area contributed by atoms with Gasteiger partial charge in [-0.3, -0.25) is 0 Å². The first-order chi connectivity index (χ1) is 9.18. The third-order valence-corrected chi connectivity index (χ3v) is 4.87. The van der Waals surface area contributed by atoms with Gasteiger partial charge < -0.3 is 5.32 Å². The fourth-order valence-electron chi connectivity index (χ4n) is 2.92. The lowest BCUT2D eigenvalue weighted by atomic mass is 9.95. The maximum Gasteiger partial charge on any atom is 0.0639 e. The van der Waals surface area contributed by atoms with Gasteiger partial charge in [0.1, 0.15) is 0 Å². The minimum Gasteiger partial charge on any atom is -0.307 e. The number of benzene rings is 1. The second kappa shape index (κ2) is 7.52. The zero-order valence-corrected chi connectivity index (χ0v) is 13.1. The van der Waals surface area contributed by atoms with Crippen molar-refractivity contribution < 1.29 is 0 Å². The van der Waals surface area contributed by atoms with Crippen LogP contribution in [-0.4, -0.2) is 6.04 Å². The molecule has 0 amide bonds. The van der Waals surface area contributed by atoms with Gasteiger partial charge in [-0.15, -0.1) is 0 Å². The number of hydrogen-bond donors (Lipinski definition) is 1. The molecule has 3 heteroatoms. The van der Waals surface area contributed by atoms with Crippen molar-refractivity contribution in [3.63, 3.8) is 0 Å². The van der Waals surface area contributed by atoms with Crippen molar-refractivity contribution >= 4 is 23.2 Å². The first-order valence-electron chi connectivity index (χ1n) is 7.38. The van der Waals surface area contributed by atoms with E-state index in [4.69, 9.17) is 23.2 Å². The van der Waals surface area contributed by atoms with Gasteiger partial charge in [0.2, 0.25) is 0 Å². The number of halogens is 2. The predicted octanol–water partition coefficient (Wildman–Crippen LogP) is 5.76. The van der Waals surface area contributed by atoms with Gasteiger partial charge in [-0.1, -0.05) is 67.4 Å². The van der Waals surface area contributed by atoms with Crippen LogP contribution in [0.2, 0.25) is 10.0 Å². The summed E-state index contributed by atoms with van der Waals surface area (Å²) in [5, 5.41) is 5.06. The Morgan fingerprint density at radius 2 is 1.68 bits per heavy atom. The van der Waals surface area contributed by atoms with Crippen molar-refractivity contribution in [2.45, 2.75) is 64.0 Å². The molecule has 2 rings (SSSR count). The van der Waals surface area contributed by atoms with Crippen LogP contribution in [0.15, 0.2) is 18.2 Å². The molecule has 1 nitrogen and oxygen atoms in total. The fourth-order valence-corrected chi connectivity index (χ4v) is 3.39. The van der Waals surface area contributed by atoms with E-state index in [1.807, 2.05) is 12.1 Å². The fraction of sp³-hybridized carbons (Fsp3) is 0.625. The summed E-state index contributed by atoms with van der Waals surface area (Å²) in [5.41, 5.74) is 1.11. The van der Waals surface area contributed by atoms with E-state index < -0.39 is 0 Å². The zero-order chi connectivity index (χ0) is 13.7. The van der Waals surface area contributed by atoms with Crippen LogP contribution in [0.5, 0.6) is 0 Å². The van der Waals surface area contributed by atoms with E-state index in [-0.39, 0.29) is 6.04 Å². The summed E-state index contributed by atoms with van der Waals surface area (Å²) in [4.78, 5) is 0. The average molecular weight is 300 g/mol. The molecule has 1 N–H and O–H groups in total. The summed E-state index contributed by atoms with van der Waals surface area (Å²) in [6, 6.07) is 6.76. The smallest absolute Gasteiger partial charge is 0.0639 e. The molecule has 1 aliphatic carbocycles. The van der Waals surface area contributed by atoms with Gasteiger partial charge in [-0.05, 0) is 31.4 Å². The van der Waals surface area contributed by atoms with Crippen LogP contribution in [0.1, 0.15) is 63.5 Å². The highest BCUT2D eigenvalue weighted by Gasteiger charge is 2.17. The molecule has 0 radical (unpaired) electrons. The maximum absolute atomic E-state index is 6.29. The van der Waals surface area contributed by atoms with Crippen LogP contribution in [0.25, 0.3) is 0 Å². The summed E-state index contributed by atoms with van der Waals surface area (Å²) < 4.78 is 0. The highest BCUT2D eigenvalue weighted by Crippen LogP contribution is 2.30. The molecule has 0 heterocycles. The van der Waals surface area contributed by atoms with Crippen molar-refractivity contribution in [1.29, 1.82) is 0 Å². The van der Waals surface area contributed by atoms with Crippen molar-refractivity contribution in [2.24, 2.45) is 0 Å². The lowest BCUT2D eigenvalue weighted by Crippen LogP contribution is -2.32. The van der Waals surface area contributed by atoms with E-state index in [1.54, 1.807) is 0 Å². The Labute approximate surface area is 126 Å². The first kappa shape index (κ1) is 15.2. The summed E-state index contributed by atoms with van der Waals surface area (Å²) in [6.07, 6.45) is 9.41. The Morgan fingerprint density at radius 1 is 1.05 bits per heavy atom. The van der Waals surface area contributed by atoms with E-state index in [0.29, 0.717) is 16.1 Å². The Kier molecular flexibility index (Phi) is 6.00. The quantitative estimate of drug-likeness (QED) is 0.748. The molecule has 1 unspecified atom stereocenters. The second-order valence-electron chi connectivity index (χ2n) is 5.57. The number of hydrogen-bond acceptors (Lipinski definition) is 1. The zero-order valence-electron chi connectivity index (χ0n) is 11.6. The monoisotopic (exact) mass is 299 g/mol. The molecule has 0 saturated heterocycles. The van der Waals surface area contributed by atoms with Crippen LogP contribution >= 0.6 is 23.2 Å². The first-order valence-corrected chi connectivity index (χ1v) is 8.14. The highest BCUT2D eigenvalue weighted by molar-refractivity contribution is 6.42. The molecule has 0 spiro atoms. The number of rotatable bonds is 3. The predicted molar refractivity (Wildman–Crippen MR) is 84.1 cm³/mol. The molecule has 0 bridgehead atoms. The Balaban J connectivity index is 1.98. The largest absolute Gasteiger partial charge is 0.307 e. The van der Waals surface area contributed by atoms with Gasteiger partial charge in [0.25, 0.3) is 0 Å². The Morgan fingerprint density at radius 3 is 2.37 bits per heavy atom. The molecule has 106 valence electrons. The molecular weight excluding hydrogens is 277 g/mol. The van der Waals surface area contributed by atoms with Crippen LogP contribution in [0.3, 0.4) is 0 Å². The van der Waals surface area contributed by atoms with Gasteiger partial charge in [-0.25, -0.2) is 0 Å². The molecule has 0 aromatic heterocycles. The molecular formula is C16H23Cl2N. The van der Waals surface area contributed by atoms with E-state index >= 15 is 0 Å². The highest BCUT2D eigenvalue weighted by atomic mass is 35.5. The van der Waals surface area contributed by atoms with Crippen molar-refractivity contribution in [1.82, 2.24) is 5.32 Å². The average Bonchev–Trinajstić information content (AvgIpc) is 2.35. The molecule has 1 aromatic carbocycles. The van der Waals surface area contributed by atoms with Crippen molar-refractivity contribution in [3.05, 3.63) is 33.8 Å². The lowest BCUT2D eigenvalue weighted by Gasteiger charge is -2.26. The molecule has 1 atom stereocenters. The van der Waals surface area contributed by atoms with Crippen LogP contribution < -0.4 is 5.32 Å². The van der Waals surface area contributed by atoms with Gasteiger partial charge in [-0.2, -0.15) is 0 Å². The normalized spacial score (nSPS) is 19.7. The molecule has 1 saturated carbocycles. The third-order valence-electron chi connectivity index (χ3n) is 4.04. The van der Waals surface area contributed by atoms with E-state index in [2.05, 4.69) is 18.3 Å². The van der Waals surface area contributed by atoms with Crippen LogP contribution in [0, 0.1) is 0 Å². The lowest BCUT2D eigenvalue weighted by molar-refractivity contribution is 0.363. The van der Waals surface area contributed by atoms with Crippen molar-refractivity contribution in [2.75, 3.05) is 0 Å². The van der Waals surface area contributed by atoms with E-state index in [1.165, 1.54) is 44.9 Å². The minimum atomic E-state index is 0.260. The Bertz CT molecular complexity index is 398. The van der Waals surface area contributed by atoms with Gasteiger partial charge >= 0.3 is 0 Å². The van der Waals surface area contributed by atoms with Gasteiger partial charge in [0.15, 0.2) is 0 Å². The summed E-state index contributed by atoms with van der Waals surface area (Å²) >= 11 is 12.4. The van der Waals surface area contributed by atoms with Gasteiger partial charge in [0, 0.05) is 12.1 Å². The summed E-state index contributed by atoms with van der Waals surface area (Å²) in [6.45, 7) is 2.18. The van der Waals surface area contributed by atoms with E-state index in [9.17, 15) is 0 Å². The van der Waals surface area contributed by atoms with Crippen molar-refractivity contribution in [3.8, 4) is 0 Å². The standard InChI is InChI=1S/C16H23Cl2N/c1-12(14-10-7-11-15(17)16(14)18)19-13-8-5-3-2-4-6-9-13/h7,10-13,19H,2-6,8-9H2,1H3. The third kappa shape index (κ3) is 4.37. The maximum atomic E-state index is 6.29. The molecule has 1 aromatic rings. The van der Waals surface area contributed by atoms with Crippen LogP contribution in [0.4, 0.5) is 0 Å². The van der Waals surface area contributed by atoms with Crippen LogP contribution in [-0.2, 0) is 0 Å². The molecule has 1 aliphatic rings. The second-order valence-corrected chi connectivity index (χ2v) is 6.36. The molecule has 1 fully saturated rings.